The summed E-state index contributed by atoms with van der Waals surface area (Å²) in [5.74, 6) is 0.368. The molecule has 0 spiro atoms. The molecule has 0 aromatic heterocycles. The minimum absolute atomic E-state index is 0.697. The van der Waals surface area contributed by atoms with Crippen molar-refractivity contribution in [1.82, 2.24) is 0 Å². The summed E-state index contributed by atoms with van der Waals surface area (Å²) in [4.78, 5) is 0. The summed E-state index contributed by atoms with van der Waals surface area (Å²) in [7, 11) is 0. The first-order chi connectivity index (χ1) is 6.61. The number of ether oxygens (including phenoxy) is 2. The molecule has 14 heavy (non-hydrogen) atoms. The largest absolute Gasteiger partial charge is 0.436 e. The molecule has 0 bridgehead atoms. The lowest BCUT2D eigenvalue weighted by Crippen LogP contribution is -2.44. The van der Waals surface area contributed by atoms with Crippen molar-refractivity contribution in [2.45, 2.75) is 19.3 Å². The summed E-state index contributed by atoms with van der Waals surface area (Å²) in [5.41, 5.74) is 6.83. The summed E-state index contributed by atoms with van der Waals surface area (Å²) in [5, 5.41) is 0. The van der Waals surface area contributed by atoms with Crippen LogP contribution in [0.1, 0.15) is 12.5 Å². The van der Waals surface area contributed by atoms with Gasteiger partial charge in [-0.15, -0.1) is 6.58 Å². The van der Waals surface area contributed by atoms with Crippen molar-refractivity contribution in [3.63, 3.8) is 0 Å². The van der Waals surface area contributed by atoms with Gasteiger partial charge in [-0.2, -0.15) is 0 Å². The van der Waals surface area contributed by atoms with Crippen LogP contribution in [0.4, 0.5) is 0 Å². The van der Waals surface area contributed by atoms with Gasteiger partial charge < -0.3 is 9.47 Å². The summed E-state index contributed by atoms with van der Waals surface area (Å²) in [6.07, 6.45) is 2.66. The maximum Gasteiger partial charge on any atom is 0.307 e. The van der Waals surface area contributed by atoms with E-state index in [2.05, 4.69) is 6.58 Å². The number of nitrogens with two attached hydrogens (primary N) is 1. The zero-order valence-electron chi connectivity index (χ0n) is 8.12. The van der Waals surface area contributed by atoms with E-state index in [4.69, 9.17) is 15.2 Å². The molecule has 1 aromatic rings. The van der Waals surface area contributed by atoms with Crippen molar-refractivity contribution in [2.75, 3.05) is 0 Å². The first-order valence-electron chi connectivity index (χ1n) is 4.51. The molecule has 0 saturated carbocycles. The zero-order chi connectivity index (χ0) is 10.2. The normalized spacial score (nSPS) is 23.6. The summed E-state index contributed by atoms with van der Waals surface area (Å²) < 4.78 is 10.8. The second-order valence-corrected chi connectivity index (χ2v) is 3.49. The van der Waals surface area contributed by atoms with E-state index in [0.29, 0.717) is 11.5 Å². The van der Waals surface area contributed by atoms with Gasteiger partial charge in [0, 0.05) is 6.92 Å². The molecule has 74 valence electrons. The van der Waals surface area contributed by atoms with E-state index < -0.39 is 5.91 Å². The zero-order valence-corrected chi connectivity index (χ0v) is 8.12. The fourth-order valence-corrected chi connectivity index (χ4v) is 1.47. The van der Waals surface area contributed by atoms with Gasteiger partial charge in [0.05, 0.1) is 0 Å². The molecular weight excluding hydrogens is 178 g/mol. The van der Waals surface area contributed by atoms with Crippen LogP contribution < -0.4 is 15.2 Å². The Morgan fingerprint density at radius 3 is 2.86 bits per heavy atom. The van der Waals surface area contributed by atoms with E-state index in [-0.39, 0.29) is 0 Å². The Morgan fingerprint density at radius 2 is 2.14 bits per heavy atom. The molecule has 1 aliphatic heterocycles. The van der Waals surface area contributed by atoms with E-state index in [1.54, 1.807) is 6.92 Å². The van der Waals surface area contributed by atoms with Gasteiger partial charge in [-0.3, -0.25) is 5.73 Å². The van der Waals surface area contributed by atoms with Crippen LogP contribution in [0.5, 0.6) is 11.5 Å². The van der Waals surface area contributed by atoms with E-state index in [1.807, 2.05) is 24.3 Å². The van der Waals surface area contributed by atoms with Gasteiger partial charge in [0.25, 0.3) is 0 Å². The highest BCUT2D eigenvalue weighted by Gasteiger charge is 2.32. The molecule has 2 N–H and O–H groups in total. The predicted molar refractivity (Wildman–Crippen MR) is 54.2 cm³/mol. The average Bonchev–Trinajstić information content (AvgIpc) is 2.38. The second-order valence-electron chi connectivity index (χ2n) is 3.49. The Hall–Kier alpha value is -1.48. The molecule has 0 fully saturated rings. The van der Waals surface area contributed by atoms with Crippen molar-refractivity contribution < 1.29 is 9.47 Å². The third-order valence-corrected chi connectivity index (χ3v) is 2.01. The van der Waals surface area contributed by atoms with Crippen molar-refractivity contribution in [3.05, 3.63) is 36.4 Å². The molecule has 2 rings (SSSR count). The molecule has 1 atom stereocenters. The number of hydrogen-bond acceptors (Lipinski definition) is 3. The lowest BCUT2D eigenvalue weighted by Gasteiger charge is -2.15. The highest BCUT2D eigenvalue weighted by Crippen LogP contribution is 2.37. The fraction of sp³-hybridized carbons (Fsp3) is 0.273. The Bertz CT molecular complexity index is 372. The highest BCUT2D eigenvalue weighted by molar-refractivity contribution is 5.45. The molecule has 1 heterocycles. The van der Waals surface area contributed by atoms with Crippen molar-refractivity contribution in [1.29, 1.82) is 0 Å². The lowest BCUT2D eigenvalue weighted by atomic mass is 10.1. The quantitative estimate of drug-likeness (QED) is 0.725. The molecule has 0 amide bonds. The standard InChI is InChI=1S/C11H13NO2/c1-3-4-8-5-6-9-10(7-8)14-11(2,12)13-9/h3,5-7H,1,4,12H2,2H3. The van der Waals surface area contributed by atoms with E-state index >= 15 is 0 Å². The average molecular weight is 191 g/mol. The number of rotatable bonds is 2. The first-order valence-corrected chi connectivity index (χ1v) is 4.51. The summed E-state index contributed by atoms with van der Waals surface area (Å²) >= 11 is 0. The van der Waals surface area contributed by atoms with Gasteiger partial charge >= 0.3 is 5.91 Å². The minimum atomic E-state index is -1.03. The number of allylic oxidation sites excluding steroid dienone is 1. The minimum Gasteiger partial charge on any atom is -0.436 e. The van der Waals surface area contributed by atoms with Crippen LogP contribution >= 0.6 is 0 Å². The Balaban J connectivity index is 2.30. The van der Waals surface area contributed by atoms with Crippen LogP contribution in [0.3, 0.4) is 0 Å². The van der Waals surface area contributed by atoms with Gasteiger partial charge in [-0.25, -0.2) is 0 Å². The number of hydrogen-bond donors (Lipinski definition) is 1. The molecular formula is C11H13NO2. The maximum atomic E-state index is 5.69. The highest BCUT2D eigenvalue weighted by atomic mass is 16.7. The van der Waals surface area contributed by atoms with Crippen LogP contribution in [-0.2, 0) is 6.42 Å². The number of fused-ring (bicyclic) bond motifs is 1. The first kappa shape index (κ1) is 9.09. The van der Waals surface area contributed by atoms with Gasteiger partial charge in [0.15, 0.2) is 11.5 Å². The van der Waals surface area contributed by atoms with Crippen LogP contribution in [-0.4, -0.2) is 5.91 Å². The Kier molecular flexibility index (Phi) is 1.97. The smallest absolute Gasteiger partial charge is 0.307 e. The fourth-order valence-electron chi connectivity index (χ4n) is 1.47. The third-order valence-electron chi connectivity index (χ3n) is 2.01. The molecule has 3 nitrogen and oxygen atoms in total. The van der Waals surface area contributed by atoms with Crippen LogP contribution in [0, 0.1) is 0 Å². The van der Waals surface area contributed by atoms with Crippen LogP contribution in [0.25, 0.3) is 0 Å². The molecule has 1 aromatic carbocycles. The van der Waals surface area contributed by atoms with Crippen molar-refractivity contribution >= 4 is 0 Å². The van der Waals surface area contributed by atoms with Gasteiger partial charge in [0.1, 0.15) is 0 Å². The molecule has 0 saturated heterocycles. The monoisotopic (exact) mass is 191 g/mol. The Labute approximate surface area is 83.1 Å². The summed E-state index contributed by atoms with van der Waals surface area (Å²) in [6.45, 7) is 5.36. The molecule has 0 aliphatic carbocycles. The third kappa shape index (κ3) is 1.59. The van der Waals surface area contributed by atoms with Gasteiger partial charge in [-0.05, 0) is 24.1 Å². The van der Waals surface area contributed by atoms with Gasteiger partial charge in [0.2, 0.25) is 0 Å². The van der Waals surface area contributed by atoms with E-state index in [1.165, 1.54) is 0 Å². The van der Waals surface area contributed by atoms with Gasteiger partial charge in [-0.1, -0.05) is 12.1 Å². The lowest BCUT2D eigenvalue weighted by molar-refractivity contribution is -0.0551. The maximum absolute atomic E-state index is 5.69. The van der Waals surface area contributed by atoms with Crippen molar-refractivity contribution in [3.8, 4) is 11.5 Å². The SMILES string of the molecule is C=CCc1ccc2c(c1)OC(C)(N)O2. The topological polar surface area (TPSA) is 44.5 Å². The molecule has 0 radical (unpaired) electrons. The molecule has 1 unspecified atom stereocenters. The van der Waals surface area contributed by atoms with Crippen LogP contribution in [0.2, 0.25) is 0 Å². The predicted octanol–water partition coefficient (Wildman–Crippen LogP) is 1.82. The molecule has 1 aliphatic rings. The molecule has 3 heteroatoms. The second kappa shape index (κ2) is 3.03. The van der Waals surface area contributed by atoms with E-state index in [0.717, 1.165) is 12.0 Å². The van der Waals surface area contributed by atoms with E-state index in [9.17, 15) is 0 Å². The summed E-state index contributed by atoms with van der Waals surface area (Å²) in [6, 6.07) is 5.77. The van der Waals surface area contributed by atoms with Crippen LogP contribution in [0.15, 0.2) is 30.9 Å². The van der Waals surface area contributed by atoms with Crippen molar-refractivity contribution in [2.24, 2.45) is 5.73 Å². The Morgan fingerprint density at radius 1 is 1.43 bits per heavy atom. The number of benzene rings is 1.